The topological polar surface area (TPSA) is 77.4 Å². The fraction of sp³-hybridized carbons (Fsp3) is 1.00. The van der Waals surface area contributed by atoms with Gasteiger partial charge in [0.25, 0.3) is 0 Å². The summed E-state index contributed by atoms with van der Waals surface area (Å²) in [5.41, 5.74) is 0. The van der Waals surface area contributed by atoms with Crippen molar-refractivity contribution < 1.29 is 61.7 Å². The first-order valence-electron chi connectivity index (χ1n) is 24.3. The van der Waals surface area contributed by atoms with E-state index in [1.165, 1.54) is 128 Å². The summed E-state index contributed by atoms with van der Waals surface area (Å²) in [6, 6.07) is 2.05. The molecule has 2 N–H and O–H groups in total. The molecule has 2 atom stereocenters. The molecule has 0 aromatic heterocycles. The molecular weight excluding hydrogens is 832 g/mol. The summed E-state index contributed by atoms with van der Waals surface area (Å²) in [4.78, 5) is 0. The Kier molecular flexibility index (Phi) is 40.4. The van der Waals surface area contributed by atoms with Crippen molar-refractivity contribution in [1.82, 2.24) is 0 Å². The first-order valence-corrected chi connectivity index (χ1v) is 33.3. The van der Waals surface area contributed by atoms with Crippen molar-refractivity contribution in [2.75, 3.05) is 80.8 Å². The molecule has 0 aliphatic heterocycles. The second kappa shape index (κ2) is 37.2. The number of ether oxygens (including phenoxy) is 2. The molecule has 0 saturated carbocycles. The highest BCUT2D eigenvalue weighted by Crippen LogP contribution is 2.26. The molecule has 0 fully saturated rings. The molecule has 0 heterocycles. The van der Waals surface area contributed by atoms with Gasteiger partial charge >= 0.3 is 8.56 Å². The van der Waals surface area contributed by atoms with E-state index in [0.717, 1.165) is 60.1 Å². The molecule has 0 aromatic rings. The Hall–Kier alpha value is 0.911. The number of hydrogen-bond acceptors (Lipinski definition) is 6. The minimum atomic E-state index is -2.30. The number of unbranched alkanes of at least 4 members (excludes halogenated alkanes) is 18. The van der Waals surface area contributed by atoms with Crippen LogP contribution in [-0.4, -0.2) is 137 Å². The Bertz CT molecular complexity index is 867. The van der Waals surface area contributed by atoms with Gasteiger partial charge < -0.3 is 61.7 Å². The van der Waals surface area contributed by atoms with Crippen molar-refractivity contribution in [2.45, 2.75) is 219 Å². The van der Waals surface area contributed by atoms with Crippen molar-refractivity contribution >= 4 is 25.2 Å². The number of likely N-dealkylation sites (N-methyl/N-ethyl adjacent to an activating group) is 2. The molecule has 0 aliphatic rings. The fourth-order valence-electron chi connectivity index (χ4n) is 8.58. The standard InChI is InChI=1S/C46H104N2O6Si3.2ClH/c1-13-15-17-19-21-23-25-27-29-31-35-47(3,4)41-45(49)43-51-37-33-39-55(7,8)53-57(11,12)54-56(9,10)40-34-38-52-44-46(50)42-48(5,6)36-32-30-28-26-24-22-20-18-16-14-2;;/h45-46,49-50H,13-44H2,1-12H3;2*1H/q+2;;/p-2. The van der Waals surface area contributed by atoms with E-state index in [4.69, 9.17) is 17.7 Å². The third kappa shape index (κ3) is 42.6. The molecule has 0 bridgehead atoms. The number of aliphatic hydroxyl groups excluding tert-OH is 2. The lowest BCUT2D eigenvalue weighted by molar-refractivity contribution is -0.893. The minimum Gasteiger partial charge on any atom is -1.00 e. The number of aliphatic hydroxyl groups is 2. The van der Waals surface area contributed by atoms with E-state index in [1.807, 2.05) is 0 Å². The van der Waals surface area contributed by atoms with Crippen LogP contribution in [0.3, 0.4) is 0 Å². The predicted molar refractivity (Wildman–Crippen MR) is 254 cm³/mol. The van der Waals surface area contributed by atoms with Gasteiger partial charge in [0.1, 0.15) is 25.3 Å². The van der Waals surface area contributed by atoms with Crippen molar-refractivity contribution in [3.05, 3.63) is 0 Å². The van der Waals surface area contributed by atoms with Crippen LogP contribution in [0.25, 0.3) is 0 Å². The summed E-state index contributed by atoms with van der Waals surface area (Å²) >= 11 is 0. The Morgan fingerprint density at radius 2 is 0.695 bits per heavy atom. The highest BCUT2D eigenvalue weighted by Gasteiger charge is 2.39. The maximum absolute atomic E-state index is 10.7. The van der Waals surface area contributed by atoms with Gasteiger partial charge in [-0.25, -0.2) is 0 Å². The monoisotopic (exact) mass is 935 g/mol. The average Bonchev–Trinajstić information content (AvgIpc) is 3.08. The SMILES string of the molecule is CCCCCCCCCCCC[N+](C)(C)CC(O)COCCC[Si](C)(C)O[Si](C)(C)O[Si](C)(C)CCCOCC(O)C[N+](C)(C)CCCCCCCCCCCC.[Cl-].[Cl-]. The highest BCUT2D eigenvalue weighted by atomic mass is 35.5. The van der Waals surface area contributed by atoms with Gasteiger partial charge in [-0.2, -0.15) is 0 Å². The van der Waals surface area contributed by atoms with E-state index in [2.05, 4.69) is 81.3 Å². The molecular formula is C46H104Cl2N2O6Si3. The smallest absolute Gasteiger partial charge is 0.311 e. The number of quaternary nitrogens is 2. The quantitative estimate of drug-likeness (QED) is 0.0468. The molecule has 0 saturated heterocycles. The zero-order valence-corrected chi connectivity index (χ0v) is 46.0. The number of hydrogen-bond donors (Lipinski definition) is 2. The van der Waals surface area contributed by atoms with Gasteiger partial charge in [0.15, 0.2) is 16.6 Å². The van der Waals surface area contributed by atoms with Crippen LogP contribution in [0.4, 0.5) is 0 Å². The summed E-state index contributed by atoms with van der Waals surface area (Å²) in [7, 11) is 2.79. The first-order chi connectivity index (χ1) is 26.7. The van der Waals surface area contributed by atoms with E-state index < -0.39 is 37.4 Å². The maximum Gasteiger partial charge on any atom is 0.311 e. The molecule has 0 spiro atoms. The van der Waals surface area contributed by atoms with Gasteiger partial charge in [0, 0.05) is 13.2 Å². The van der Waals surface area contributed by atoms with Gasteiger partial charge in [-0.15, -0.1) is 0 Å². The molecule has 360 valence electrons. The zero-order chi connectivity index (χ0) is 43.1. The second-order valence-corrected chi connectivity index (χ2v) is 33.3. The van der Waals surface area contributed by atoms with Gasteiger partial charge in [0.05, 0.1) is 54.5 Å². The van der Waals surface area contributed by atoms with E-state index >= 15 is 0 Å². The third-order valence-electron chi connectivity index (χ3n) is 11.4. The van der Waals surface area contributed by atoms with Crippen molar-refractivity contribution in [3.63, 3.8) is 0 Å². The Morgan fingerprint density at radius 1 is 0.424 bits per heavy atom. The summed E-state index contributed by atoms with van der Waals surface area (Å²) < 4.78 is 27.3. The highest BCUT2D eigenvalue weighted by molar-refractivity contribution is 6.87. The fourth-order valence-corrected chi connectivity index (χ4v) is 22.6. The molecule has 0 aliphatic carbocycles. The summed E-state index contributed by atoms with van der Waals surface area (Å²) in [6.45, 7) is 24.0. The minimum absolute atomic E-state index is 0. The van der Waals surface area contributed by atoms with Gasteiger partial charge in [-0.3, -0.25) is 0 Å². The first kappa shape index (κ1) is 64.2. The maximum atomic E-state index is 10.7. The van der Waals surface area contributed by atoms with Crippen molar-refractivity contribution in [3.8, 4) is 0 Å². The predicted octanol–water partition coefficient (Wildman–Crippen LogP) is 5.67. The molecule has 0 radical (unpaired) electrons. The van der Waals surface area contributed by atoms with Crippen LogP contribution in [0.15, 0.2) is 0 Å². The Morgan fingerprint density at radius 3 is 0.983 bits per heavy atom. The molecule has 2 unspecified atom stereocenters. The van der Waals surface area contributed by atoms with Crippen molar-refractivity contribution in [1.29, 1.82) is 0 Å². The summed E-state index contributed by atoms with van der Waals surface area (Å²) in [6.07, 6.45) is 28.2. The third-order valence-corrected chi connectivity index (χ3v) is 22.9. The van der Waals surface area contributed by atoms with Gasteiger partial charge in [-0.1, -0.05) is 117 Å². The molecule has 0 rings (SSSR count). The van der Waals surface area contributed by atoms with Crippen molar-refractivity contribution in [2.24, 2.45) is 0 Å². The van der Waals surface area contributed by atoms with Crippen LogP contribution in [0.2, 0.25) is 51.4 Å². The van der Waals surface area contributed by atoms with E-state index in [1.54, 1.807) is 0 Å². The lowest BCUT2D eigenvalue weighted by atomic mass is 10.1. The van der Waals surface area contributed by atoms with E-state index in [0.29, 0.717) is 26.4 Å². The molecule has 59 heavy (non-hydrogen) atoms. The molecule has 0 amide bonds. The molecule has 0 aromatic carbocycles. The number of nitrogens with zero attached hydrogens (tertiary/aromatic N) is 2. The lowest BCUT2D eigenvalue weighted by Crippen LogP contribution is -3.00. The second-order valence-electron chi connectivity index (χ2n) is 20.8. The van der Waals surface area contributed by atoms with E-state index in [9.17, 15) is 10.2 Å². The molecule has 13 heteroatoms. The Labute approximate surface area is 384 Å². The Balaban J connectivity index is -0.0000157. The van der Waals surface area contributed by atoms with Gasteiger partial charge in [0.2, 0.25) is 0 Å². The largest absolute Gasteiger partial charge is 1.00 e. The average molecular weight is 937 g/mol. The van der Waals surface area contributed by atoms with Gasteiger partial charge in [-0.05, 0) is 89.9 Å². The summed E-state index contributed by atoms with van der Waals surface area (Å²) in [5.74, 6) is 0. The number of halogens is 2. The van der Waals surface area contributed by atoms with Crippen LogP contribution in [0.5, 0.6) is 0 Å². The summed E-state index contributed by atoms with van der Waals surface area (Å²) in [5, 5.41) is 21.4. The van der Waals surface area contributed by atoms with Crippen LogP contribution in [0, 0.1) is 0 Å². The number of rotatable bonds is 42. The van der Waals surface area contributed by atoms with Crippen LogP contribution in [-0.2, 0) is 17.7 Å². The normalized spacial score (nSPS) is 13.9. The van der Waals surface area contributed by atoms with Crippen LogP contribution < -0.4 is 24.8 Å². The molecule has 8 nitrogen and oxygen atoms in total. The van der Waals surface area contributed by atoms with Crippen LogP contribution in [0.1, 0.15) is 155 Å². The van der Waals surface area contributed by atoms with Crippen LogP contribution >= 0.6 is 0 Å². The van der Waals surface area contributed by atoms with E-state index in [-0.39, 0.29) is 24.8 Å². The lowest BCUT2D eigenvalue weighted by Gasteiger charge is -2.38. The zero-order valence-electron chi connectivity index (χ0n) is 41.5.